The Morgan fingerprint density at radius 3 is 2.90 bits per heavy atom. The molecule has 0 unspecified atom stereocenters. The van der Waals surface area contributed by atoms with Gasteiger partial charge in [-0.15, -0.1) is 4.99 Å². The molecule has 2 aromatic rings. The van der Waals surface area contributed by atoms with Gasteiger partial charge in [-0.2, -0.15) is 5.26 Å². The minimum Gasteiger partial charge on any atom is -0.409 e. The predicted molar refractivity (Wildman–Crippen MR) is 105 cm³/mol. The number of anilines is 2. The summed E-state index contributed by atoms with van der Waals surface area (Å²) < 4.78 is 18.4. The lowest BCUT2D eigenvalue weighted by Gasteiger charge is -2.40. The third-order valence-electron chi connectivity index (χ3n) is 3.91. The van der Waals surface area contributed by atoms with Gasteiger partial charge in [-0.3, -0.25) is 5.43 Å². The Labute approximate surface area is 172 Å². The number of aliphatic imine (C=N–C) groups is 1. The summed E-state index contributed by atoms with van der Waals surface area (Å²) in [4.78, 5) is 5.53. The van der Waals surface area contributed by atoms with Gasteiger partial charge >= 0.3 is 0 Å². The van der Waals surface area contributed by atoms with E-state index in [-0.39, 0.29) is 27.9 Å². The topological polar surface area (TPSA) is 159 Å². The fourth-order valence-electron chi connectivity index (χ4n) is 2.55. The van der Waals surface area contributed by atoms with Crippen LogP contribution in [-0.4, -0.2) is 58.4 Å². The van der Waals surface area contributed by atoms with Crippen LogP contribution in [0.2, 0.25) is 0 Å². The van der Waals surface area contributed by atoms with Gasteiger partial charge in [-0.25, -0.2) is 14.4 Å². The van der Waals surface area contributed by atoms with Crippen LogP contribution in [0.25, 0.3) is 0 Å². The number of guanidine groups is 1. The van der Waals surface area contributed by atoms with Crippen LogP contribution in [0.4, 0.5) is 15.9 Å². The highest BCUT2D eigenvalue weighted by Crippen LogP contribution is 2.22. The van der Waals surface area contributed by atoms with Gasteiger partial charge in [0.15, 0.2) is 5.69 Å². The third-order valence-corrected chi connectivity index (χ3v) is 4.52. The Morgan fingerprint density at radius 1 is 1.45 bits per heavy atom. The zero-order valence-electron chi connectivity index (χ0n) is 15.0. The first-order valence-electron chi connectivity index (χ1n) is 8.23. The quantitative estimate of drug-likeness (QED) is 0.140. The van der Waals surface area contributed by atoms with Gasteiger partial charge in [0.05, 0.1) is 10.5 Å². The van der Waals surface area contributed by atoms with Crippen molar-refractivity contribution in [3.63, 3.8) is 0 Å². The molecule has 5 N–H and O–H groups in total. The number of amidine groups is 1. The minimum absolute atomic E-state index is 0.0352. The number of likely N-dealkylation sites (tertiary alicyclic amines) is 1. The zero-order chi connectivity index (χ0) is 20.8. The molecule has 152 valence electrons. The first-order chi connectivity index (χ1) is 14.0. The van der Waals surface area contributed by atoms with E-state index in [9.17, 15) is 9.60 Å². The zero-order valence-corrected chi connectivity index (χ0v) is 16.6. The molecule has 0 atom stereocenters. The second-order valence-electron chi connectivity index (χ2n) is 5.82. The van der Waals surface area contributed by atoms with Crippen molar-refractivity contribution in [1.29, 1.82) is 5.26 Å². The average molecular weight is 467 g/mol. The van der Waals surface area contributed by atoms with Gasteiger partial charge in [0.2, 0.25) is 23.8 Å². The van der Waals surface area contributed by atoms with Gasteiger partial charge in [0, 0.05) is 25.8 Å². The van der Waals surface area contributed by atoms with Crippen LogP contribution >= 0.6 is 15.9 Å². The first-order valence-corrected chi connectivity index (χ1v) is 9.03. The highest BCUT2D eigenvalue weighted by atomic mass is 79.9. The number of nitrogens with one attached hydrogen (secondary N) is 4. The highest BCUT2D eigenvalue weighted by molar-refractivity contribution is 9.10. The lowest BCUT2D eigenvalue weighted by Crippen LogP contribution is -2.61. The molecule has 14 heteroatoms. The summed E-state index contributed by atoms with van der Waals surface area (Å²) in [7, 11) is 1.66. The molecule has 3 rings (SSSR count). The molecule has 12 nitrogen and oxygen atoms in total. The van der Waals surface area contributed by atoms with E-state index in [1.165, 1.54) is 18.2 Å². The number of oxime groups is 1. The van der Waals surface area contributed by atoms with Crippen LogP contribution in [0.3, 0.4) is 0 Å². The van der Waals surface area contributed by atoms with Crippen molar-refractivity contribution in [1.82, 2.24) is 26.1 Å². The molecule has 0 aliphatic carbocycles. The monoisotopic (exact) mass is 466 g/mol. The molecule has 1 saturated heterocycles. The second-order valence-corrected chi connectivity index (χ2v) is 6.67. The molecule has 0 bridgehead atoms. The Bertz CT molecular complexity index is 966. The van der Waals surface area contributed by atoms with Crippen LogP contribution in [0, 0.1) is 17.3 Å². The summed E-state index contributed by atoms with van der Waals surface area (Å²) in [6.07, 6.45) is 1.73. The van der Waals surface area contributed by atoms with E-state index in [1.807, 2.05) is 4.90 Å². The van der Waals surface area contributed by atoms with Crippen molar-refractivity contribution >= 4 is 39.2 Å². The Hall–Kier alpha value is -3.44. The van der Waals surface area contributed by atoms with Gasteiger partial charge in [-0.1, -0.05) is 5.16 Å². The number of benzene rings is 1. The molecule has 1 aromatic carbocycles. The lowest BCUT2D eigenvalue weighted by molar-refractivity contribution is 0.256. The van der Waals surface area contributed by atoms with Gasteiger partial charge in [0.25, 0.3) is 0 Å². The maximum absolute atomic E-state index is 13.4. The summed E-state index contributed by atoms with van der Waals surface area (Å²) in [5.41, 5.74) is 6.10. The maximum atomic E-state index is 13.4. The average Bonchev–Trinajstić information content (AvgIpc) is 3.13. The van der Waals surface area contributed by atoms with Gasteiger partial charge < -0.3 is 20.7 Å². The van der Waals surface area contributed by atoms with Crippen molar-refractivity contribution in [2.24, 2.45) is 10.1 Å². The molecular weight excluding hydrogens is 451 g/mol. The molecule has 0 saturated carbocycles. The van der Waals surface area contributed by atoms with E-state index in [1.54, 1.807) is 13.2 Å². The van der Waals surface area contributed by atoms with E-state index in [0.29, 0.717) is 24.7 Å². The molecule has 1 fully saturated rings. The Morgan fingerprint density at radius 2 is 2.24 bits per heavy atom. The summed E-state index contributed by atoms with van der Waals surface area (Å²) >= 11 is 3.09. The van der Waals surface area contributed by atoms with E-state index < -0.39 is 5.82 Å². The maximum Gasteiger partial charge on any atom is 0.224 e. The van der Waals surface area contributed by atoms with Crippen LogP contribution in [-0.2, 0) is 0 Å². The van der Waals surface area contributed by atoms with Crippen molar-refractivity contribution < 1.29 is 14.2 Å². The summed E-state index contributed by atoms with van der Waals surface area (Å²) in [6.45, 7) is 1.07. The number of nitrogens with zero attached hydrogens (tertiary/aromatic N) is 6. The smallest absolute Gasteiger partial charge is 0.224 e. The molecular formula is C15H16BrFN10O2. The molecule has 29 heavy (non-hydrogen) atoms. The normalized spacial score (nSPS) is 14.9. The summed E-state index contributed by atoms with van der Waals surface area (Å²) in [5, 5.41) is 34.8. The first kappa shape index (κ1) is 20.3. The number of hydrogen-bond acceptors (Lipinski definition) is 9. The van der Waals surface area contributed by atoms with Gasteiger partial charge in [-0.05, 0) is 44.4 Å². The fraction of sp³-hybridized carbons (Fsp3) is 0.267. The highest BCUT2D eigenvalue weighted by Gasteiger charge is 2.31. The van der Waals surface area contributed by atoms with E-state index in [0.717, 1.165) is 0 Å². The number of rotatable bonds is 5. The van der Waals surface area contributed by atoms with E-state index >= 15 is 0 Å². The predicted octanol–water partition coefficient (Wildman–Crippen LogP) is 0.876. The van der Waals surface area contributed by atoms with Crippen molar-refractivity contribution in [3.05, 3.63) is 34.2 Å². The van der Waals surface area contributed by atoms with Crippen molar-refractivity contribution in [2.75, 3.05) is 30.8 Å². The van der Waals surface area contributed by atoms with Crippen LogP contribution in [0.1, 0.15) is 5.69 Å². The summed E-state index contributed by atoms with van der Waals surface area (Å²) in [6, 6.07) is 4.17. The molecule has 1 aliphatic rings. The largest absolute Gasteiger partial charge is 0.409 e. The van der Waals surface area contributed by atoms with Crippen molar-refractivity contribution in [2.45, 2.75) is 6.04 Å². The number of hydrazine groups is 1. The van der Waals surface area contributed by atoms with Crippen LogP contribution in [0.5, 0.6) is 0 Å². The lowest BCUT2D eigenvalue weighted by atomic mass is 10.1. The number of aromatic nitrogens is 2. The number of hydrogen-bond donors (Lipinski definition) is 5. The molecule has 0 amide bonds. The van der Waals surface area contributed by atoms with E-state index in [2.05, 4.69) is 57.9 Å². The van der Waals surface area contributed by atoms with Gasteiger partial charge in [0.1, 0.15) is 5.82 Å². The second kappa shape index (κ2) is 9.17. The number of nitriles is 1. The number of halogens is 2. The fourth-order valence-corrected chi connectivity index (χ4v) is 2.93. The standard InChI is InChI=1S/C15H16BrFN10O2/c1-19-23-15(20-7-18)27-5-9(6-27)22-14-12(25-29-26-14)13(24-28)21-8-2-3-11(17)10(16)4-8/h2-4,9,19,28H,5-6H2,1H3,(H,20,23)(H,21,24)(H,22,26). The molecule has 0 radical (unpaired) electrons. The molecule has 2 heterocycles. The Balaban J connectivity index is 1.65. The van der Waals surface area contributed by atoms with Crippen LogP contribution in [0.15, 0.2) is 37.4 Å². The summed E-state index contributed by atoms with van der Waals surface area (Å²) in [5.74, 6) is 0.196. The SMILES string of the molecule is CNNC(=NC#N)N1CC(Nc2nonc2C(=NO)Nc2ccc(F)c(Br)c2)C1. The molecule has 1 aromatic heterocycles. The molecule has 0 spiro atoms. The molecule has 1 aliphatic heterocycles. The van der Waals surface area contributed by atoms with Crippen molar-refractivity contribution in [3.8, 4) is 6.19 Å². The minimum atomic E-state index is -0.426. The third kappa shape index (κ3) is 4.70. The van der Waals surface area contributed by atoms with Crippen LogP contribution < -0.4 is 21.5 Å². The van der Waals surface area contributed by atoms with E-state index in [4.69, 9.17) is 9.89 Å². The Kier molecular flexibility index (Phi) is 6.42.